The molecular formula is C62H100NO8P. The number of phosphoric ester groups is 1. The average Bonchev–Trinajstić information content (AvgIpc) is 3.37. The molecule has 0 fully saturated rings. The van der Waals surface area contributed by atoms with Crippen LogP contribution in [0.3, 0.4) is 0 Å². The van der Waals surface area contributed by atoms with Crippen LogP contribution < -0.4 is 5.73 Å². The van der Waals surface area contributed by atoms with Crippen molar-refractivity contribution in [2.75, 3.05) is 26.4 Å². The van der Waals surface area contributed by atoms with Crippen molar-refractivity contribution in [3.8, 4) is 0 Å². The van der Waals surface area contributed by atoms with Crippen LogP contribution >= 0.6 is 7.82 Å². The van der Waals surface area contributed by atoms with Crippen molar-refractivity contribution < 1.29 is 37.6 Å². The number of carbonyl (C=O) groups excluding carboxylic acids is 2. The number of unbranched alkanes of at least 4 members (excludes halogenated alkanes) is 13. The molecule has 9 nitrogen and oxygen atoms in total. The van der Waals surface area contributed by atoms with Gasteiger partial charge in [-0.15, -0.1) is 0 Å². The molecule has 0 amide bonds. The monoisotopic (exact) mass is 1020 g/mol. The maximum absolute atomic E-state index is 12.7. The molecular weight excluding hydrogens is 918 g/mol. The maximum atomic E-state index is 12.7. The van der Waals surface area contributed by atoms with Crippen LogP contribution in [0.1, 0.15) is 200 Å². The molecule has 0 rings (SSSR count). The first kappa shape index (κ1) is 67.9. The van der Waals surface area contributed by atoms with Gasteiger partial charge in [-0.25, -0.2) is 4.57 Å². The van der Waals surface area contributed by atoms with Crippen LogP contribution in [0.4, 0.5) is 0 Å². The highest BCUT2D eigenvalue weighted by atomic mass is 31.2. The van der Waals surface area contributed by atoms with Crippen LogP contribution in [0.25, 0.3) is 0 Å². The van der Waals surface area contributed by atoms with E-state index in [0.29, 0.717) is 12.8 Å². The summed E-state index contributed by atoms with van der Waals surface area (Å²) in [5, 5.41) is 0. The van der Waals surface area contributed by atoms with Gasteiger partial charge >= 0.3 is 19.8 Å². The largest absolute Gasteiger partial charge is 0.472 e. The van der Waals surface area contributed by atoms with Gasteiger partial charge in [0.15, 0.2) is 6.10 Å². The van der Waals surface area contributed by atoms with Gasteiger partial charge in [-0.05, 0) is 122 Å². The first-order valence-electron chi connectivity index (χ1n) is 27.8. The fourth-order valence-corrected chi connectivity index (χ4v) is 7.63. The highest BCUT2D eigenvalue weighted by molar-refractivity contribution is 7.47. The lowest BCUT2D eigenvalue weighted by Crippen LogP contribution is -2.29. The van der Waals surface area contributed by atoms with Gasteiger partial charge in [0.2, 0.25) is 0 Å². The van der Waals surface area contributed by atoms with E-state index >= 15 is 0 Å². The summed E-state index contributed by atoms with van der Waals surface area (Å²) in [6, 6.07) is 0. The molecule has 0 heterocycles. The smallest absolute Gasteiger partial charge is 0.462 e. The molecule has 10 heteroatoms. The number of rotatable bonds is 50. The molecule has 3 N–H and O–H groups in total. The molecule has 0 spiro atoms. The maximum Gasteiger partial charge on any atom is 0.472 e. The summed E-state index contributed by atoms with van der Waals surface area (Å²) >= 11 is 0. The third-order valence-electron chi connectivity index (χ3n) is 11.0. The summed E-state index contributed by atoms with van der Waals surface area (Å²) in [6.45, 7) is 3.53. The molecule has 0 aromatic heterocycles. The Morgan fingerprint density at radius 2 is 0.764 bits per heavy atom. The Morgan fingerprint density at radius 1 is 0.431 bits per heavy atom. The Kier molecular flexibility index (Phi) is 53.0. The summed E-state index contributed by atoms with van der Waals surface area (Å²) in [4.78, 5) is 35.1. The summed E-state index contributed by atoms with van der Waals surface area (Å²) in [5.41, 5.74) is 5.37. The van der Waals surface area contributed by atoms with Crippen molar-refractivity contribution in [1.29, 1.82) is 0 Å². The molecule has 0 aromatic rings. The Labute approximate surface area is 439 Å². The van der Waals surface area contributed by atoms with E-state index in [-0.39, 0.29) is 32.6 Å². The van der Waals surface area contributed by atoms with Crippen molar-refractivity contribution in [1.82, 2.24) is 0 Å². The van der Waals surface area contributed by atoms with E-state index < -0.39 is 32.5 Å². The van der Waals surface area contributed by atoms with Gasteiger partial charge in [-0.3, -0.25) is 18.6 Å². The molecule has 0 saturated carbocycles. The van der Waals surface area contributed by atoms with Crippen LogP contribution in [0, 0.1) is 0 Å². The minimum absolute atomic E-state index is 0.0366. The fourth-order valence-electron chi connectivity index (χ4n) is 6.87. The van der Waals surface area contributed by atoms with Crippen molar-refractivity contribution in [3.63, 3.8) is 0 Å². The lowest BCUT2D eigenvalue weighted by atomic mass is 10.1. The van der Waals surface area contributed by atoms with E-state index in [1.54, 1.807) is 0 Å². The lowest BCUT2D eigenvalue weighted by molar-refractivity contribution is -0.161. The minimum Gasteiger partial charge on any atom is -0.462 e. The number of carbonyl (C=O) groups is 2. The minimum atomic E-state index is -4.41. The van der Waals surface area contributed by atoms with E-state index in [1.807, 2.05) is 0 Å². The van der Waals surface area contributed by atoms with Gasteiger partial charge in [0, 0.05) is 19.4 Å². The molecule has 0 bridgehead atoms. The van der Waals surface area contributed by atoms with Crippen molar-refractivity contribution in [2.45, 2.75) is 206 Å². The standard InChI is InChI=1S/C62H100NO8P/c1-3-5-7-9-11-13-15-17-19-21-23-24-25-26-27-28-29-30-31-32-33-34-35-36-37-39-41-43-45-47-49-51-53-55-62(65)71-60(59-70-72(66,67)69-57-56-63)58-68-61(64)54-52-50-48-46-44-42-40-38-22-20-18-16-14-12-10-8-6-4-2/h5,7,11,13-14,16-17,19-20,22-24,26-27,29-30,32-33,35-36,39,41,45,47,60H,3-4,6,8-10,12,15,18,21,25,28,31,34,37-38,40,42-44,46,48-59,63H2,1-2H3,(H,66,67)/b7-5-,13-11-,16-14-,19-17-,22-20-,24-23-,27-26-,30-29-,33-32-,36-35-,41-39-,47-45-. The molecule has 2 atom stereocenters. The summed E-state index contributed by atoms with van der Waals surface area (Å²) in [7, 11) is -4.41. The summed E-state index contributed by atoms with van der Waals surface area (Å²) in [6.07, 6.45) is 80.4. The van der Waals surface area contributed by atoms with Crippen LogP contribution in [0.2, 0.25) is 0 Å². The summed E-state index contributed by atoms with van der Waals surface area (Å²) < 4.78 is 32.9. The highest BCUT2D eigenvalue weighted by Gasteiger charge is 2.26. The lowest BCUT2D eigenvalue weighted by Gasteiger charge is -2.19. The number of nitrogens with two attached hydrogens (primary N) is 1. The third-order valence-corrected chi connectivity index (χ3v) is 11.9. The van der Waals surface area contributed by atoms with Gasteiger partial charge in [0.05, 0.1) is 13.2 Å². The van der Waals surface area contributed by atoms with Gasteiger partial charge in [-0.2, -0.15) is 0 Å². The third kappa shape index (κ3) is 55.2. The second kappa shape index (κ2) is 56.2. The van der Waals surface area contributed by atoms with Gasteiger partial charge in [-0.1, -0.05) is 211 Å². The van der Waals surface area contributed by atoms with E-state index in [0.717, 1.165) is 109 Å². The van der Waals surface area contributed by atoms with E-state index in [1.165, 1.54) is 51.4 Å². The molecule has 2 unspecified atom stereocenters. The van der Waals surface area contributed by atoms with Crippen LogP contribution in [0.15, 0.2) is 146 Å². The topological polar surface area (TPSA) is 134 Å². The molecule has 0 saturated heterocycles. The zero-order valence-corrected chi connectivity index (χ0v) is 46.0. The molecule has 0 aliphatic heterocycles. The van der Waals surface area contributed by atoms with Crippen LogP contribution in [-0.4, -0.2) is 49.3 Å². The first-order valence-corrected chi connectivity index (χ1v) is 29.3. The van der Waals surface area contributed by atoms with Crippen LogP contribution in [-0.2, 0) is 32.7 Å². The number of allylic oxidation sites excluding steroid dienone is 24. The normalized spacial score (nSPS) is 14.2. The predicted octanol–water partition coefficient (Wildman–Crippen LogP) is 17.6. The Morgan fingerprint density at radius 3 is 1.17 bits per heavy atom. The SMILES string of the molecule is CC/C=C\C/C=C\C/C=C\C/C=C\C/C=C\C/C=C\C/C=C\C/C=C\C/C=C\C/C=C\CCCCC(=O)OC(COC(=O)CCCCCCCCC/C=C\C/C=C\CCCCCC)COP(=O)(O)OCCN. The Balaban J connectivity index is 4.17. The van der Waals surface area contributed by atoms with Gasteiger partial charge < -0.3 is 20.1 Å². The zero-order valence-electron chi connectivity index (χ0n) is 45.1. The number of esters is 2. The number of ether oxygens (including phenoxy) is 2. The van der Waals surface area contributed by atoms with Crippen molar-refractivity contribution >= 4 is 19.8 Å². The number of phosphoric acid groups is 1. The first-order chi connectivity index (χ1) is 35.3. The molecule has 72 heavy (non-hydrogen) atoms. The highest BCUT2D eigenvalue weighted by Crippen LogP contribution is 2.43. The fraction of sp³-hybridized carbons (Fsp3) is 0.581. The molecule has 0 radical (unpaired) electrons. The second-order valence-corrected chi connectivity index (χ2v) is 19.2. The number of hydrogen-bond acceptors (Lipinski definition) is 8. The van der Waals surface area contributed by atoms with Crippen molar-refractivity contribution in [2.24, 2.45) is 5.73 Å². The van der Waals surface area contributed by atoms with E-state index in [4.69, 9.17) is 24.3 Å². The van der Waals surface area contributed by atoms with Gasteiger partial charge in [0.25, 0.3) is 0 Å². The van der Waals surface area contributed by atoms with E-state index in [2.05, 4.69) is 160 Å². The van der Waals surface area contributed by atoms with Gasteiger partial charge in [0.1, 0.15) is 6.61 Å². The molecule has 0 aromatic carbocycles. The Hall–Kier alpha value is -4.11. The Bertz CT molecular complexity index is 1680. The quantitative estimate of drug-likeness (QED) is 0.0264. The zero-order chi connectivity index (χ0) is 52.4. The van der Waals surface area contributed by atoms with Crippen molar-refractivity contribution in [3.05, 3.63) is 146 Å². The number of hydrogen-bond donors (Lipinski definition) is 2. The molecule has 0 aliphatic rings. The average molecular weight is 1020 g/mol. The molecule has 0 aliphatic carbocycles. The predicted molar refractivity (Wildman–Crippen MR) is 307 cm³/mol. The van der Waals surface area contributed by atoms with Crippen LogP contribution in [0.5, 0.6) is 0 Å². The summed E-state index contributed by atoms with van der Waals surface area (Å²) in [5.74, 6) is -0.900. The molecule has 406 valence electrons. The van der Waals surface area contributed by atoms with E-state index in [9.17, 15) is 19.0 Å². The second-order valence-electron chi connectivity index (χ2n) is 17.7.